The van der Waals surface area contributed by atoms with Crippen molar-refractivity contribution >= 4 is 40.9 Å². The van der Waals surface area contributed by atoms with E-state index in [1.165, 1.54) is 23.9 Å². The highest BCUT2D eigenvalue weighted by Gasteiger charge is 2.17. The molecule has 6 nitrogen and oxygen atoms in total. The first-order valence-corrected chi connectivity index (χ1v) is 9.05. The summed E-state index contributed by atoms with van der Waals surface area (Å²) in [5, 5.41) is 12.6. The molecule has 0 radical (unpaired) electrons. The lowest BCUT2D eigenvalue weighted by Gasteiger charge is -2.04. The number of allylic oxidation sites excluding steroid dienone is 1. The van der Waals surface area contributed by atoms with Crippen LogP contribution in [0.3, 0.4) is 0 Å². The minimum atomic E-state index is -0.441. The van der Waals surface area contributed by atoms with Crippen LogP contribution in [-0.4, -0.2) is 20.3 Å². The van der Waals surface area contributed by atoms with Crippen LogP contribution in [0.25, 0.3) is 6.08 Å². The quantitative estimate of drug-likeness (QED) is 0.251. The van der Waals surface area contributed by atoms with Crippen LogP contribution in [-0.2, 0) is 7.05 Å². The van der Waals surface area contributed by atoms with Crippen LogP contribution in [0.4, 0.5) is 5.69 Å². The molecule has 0 atom stereocenters. The zero-order valence-corrected chi connectivity index (χ0v) is 15.8. The van der Waals surface area contributed by atoms with Crippen molar-refractivity contribution in [3.63, 3.8) is 0 Å². The van der Waals surface area contributed by atoms with Gasteiger partial charge in [-0.05, 0) is 53.7 Å². The Bertz CT molecular complexity index is 1030. The summed E-state index contributed by atoms with van der Waals surface area (Å²) in [6, 6.07) is 11.4. The van der Waals surface area contributed by atoms with E-state index in [9.17, 15) is 14.9 Å². The second-order valence-electron chi connectivity index (χ2n) is 5.61. The van der Waals surface area contributed by atoms with Crippen molar-refractivity contribution in [1.29, 1.82) is 0 Å². The maximum absolute atomic E-state index is 12.2. The predicted molar refractivity (Wildman–Crippen MR) is 105 cm³/mol. The Morgan fingerprint density at radius 3 is 2.63 bits per heavy atom. The van der Waals surface area contributed by atoms with Crippen LogP contribution in [0.1, 0.15) is 15.9 Å². The van der Waals surface area contributed by atoms with E-state index in [1.807, 2.05) is 7.05 Å². The average molecular weight is 400 g/mol. The normalized spacial score (nSPS) is 11.0. The summed E-state index contributed by atoms with van der Waals surface area (Å²) < 4.78 is 1.78. The summed E-state index contributed by atoms with van der Waals surface area (Å²) >= 11 is 7.02. The van der Waals surface area contributed by atoms with Gasteiger partial charge in [0.25, 0.3) is 5.69 Å². The summed E-state index contributed by atoms with van der Waals surface area (Å²) in [4.78, 5) is 27.8. The lowest BCUT2D eigenvalue weighted by molar-refractivity contribution is -0.387. The summed E-state index contributed by atoms with van der Waals surface area (Å²) in [5.41, 5.74) is 1.02. The zero-order chi connectivity index (χ0) is 19.4. The van der Waals surface area contributed by atoms with Crippen molar-refractivity contribution < 1.29 is 9.72 Å². The molecule has 0 N–H and O–H groups in total. The average Bonchev–Trinajstić information content (AvgIpc) is 3.05. The fourth-order valence-electron chi connectivity index (χ4n) is 2.30. The number of carbonyl (C=O) groups is 1. The van der Waals surface area contributed by atoms with Crippen molar-refractivity contribution in [2.24, 2.45) is 7.05 Å². The highest BCUT2D eigenvalue weighted by Crippen LogP contribution is 2.34. The van der Waals surface area contributed by atoms with Crippen LogP contribution in [0.5, 0.6) is 0 Å². The molecule has 0 aliphatic carbocycles. The molecule has 0 bridgehead atoms. The van der Waals surface area contributed by atoms with Gasteiger partial charge in [-0.15, -0.1) is 0 Å². The monoisotopic (exact) mass is 399 g/mol. The van der Waals surface area contributed by atoms with Crippen molar-refractivity contribution in [3.05, 3.63) is 87.2 Å². The third-order valence-electron chi connectivity index (χ3n) is 3.71. The van der Waals surface area contributed by atoms with E-state index in [0.29, 0.717) is 26.2 Å². The summed E-state index contributed by atoms with van der Waals surface area (Å²) in [5.74, 6) is -0.208. The Balaban J connectivity index is 1.83. The maximum Gasteiger partial charge on any atom is 0.283 e. The minimum Gasteiger partial charge on any atom is -0.329 e. The van der Waals surface area contributed by atoms with Gasteiger partial charge in [0, 0.05) is 36.1 Å². The van der Waals surface area contributed by atoms with Gasteiger partial charge in [-0.1, -0.05) is 23.7 Å². The largest absolute Gasteiger partial charge is 0.329 e. The Morgan fingerprint density at radius 1 is 1.26 bits per heavy atom. The van der Waals surface area contributed by atoms with Gasteiger partial charge in [0.1, 0.15) is 0 Å². The Hall–Kier alpha value is -2.90. The van der Waals surface area contributed by atoms with Gasteiger partial charge < -0.3 is 4.57 Å². The fraction of sp³-hybridized carbons (Fsp3) is 0.0526. The molecule has 1 aromatic heterocycles. The second kappa shape index (κ2) is 8.20. The number of rotatable bonds is 6. The molecule has 0 amide bonds. The van der Waals surface area contributed by atoms with Gasteiger partial charge in [0.2, 0.25) is 0 Å². The van der Waals surface area contributed by atoms with Gasteiger partial charge in [-0.2, -0.15) is 0 Å². The number of benzene rings is 2. The van der Waals surface area contributed by atoms with E-state index >= 15 is 0 Å². The minimum absolute atomic E-state index is 0.0379. The molecule has 0 aliphatic rings. The highest BCUT2D eigenvalue weighted by atomic mass is 35.5. The molecule has 0 spiro atoms. The van der Waals surface area contributed by atoms with Gasteiger partial charge in [-0.25, -0.2) is 4.98 Å². The van der Waals surface area contributed by atoms with Crippen molar-refractivity contribution in [2.45, 2.75) is 10.1 Å². The molecule has 0 fully saturated rings. The number of halogens is 1. The number of nitrogens with zero attached hydrogens (tertiary/aromatic N) is 3. The van der Waals surface area contributed by atoms with Crippen molar-refractivity contribution in [1.82, 2.24) is 9.55 Å². The molecule has 1 heterocycles. The summed E-state index contributed by atoms with van der Waals surface area (Å²) in [6.45, 7) is 0. The highest BCUT2D eigenvalue weighted by molar-refractivity contribution is 7.99. The standard InChI is InChI=1S/C19H14ClN3O3S/c1-22-11-10-21-19(22)27-18-9-3-13(12-16(18)23(25)26)2-8-17(24)14-4-6-15(20)7-5-14/h2-12H,1H3/b8-2+. The lowest BCUT2D eigenvalue weighted by atomic mass is 10.1. The van der Waals surface area contributed by atoms with Crippen LogP contribution >= 0.6 is 23.4 Å². The number of nitro benzene ring substituents is 1. The number of nitro groups is 1. The van der Waals surface area contributed by atoms with Crippen LogP contribution in [0.2, 0.25) is 5.02 Å². The molecule has 3 rings (SSSR count). The van der Waals surface area contributed by atoms with E-state index in [-0.39, 0.29) is 11.5 Å². The molecule has 3 aromatic rings. The van der Waals surface area contributed by atoms with E-state index in [2.05, 4.69) is 4.98 Å². The molecular weight excluding hydrogens is 386 g/mol. The number of hydrogen-bond donors (Lipinski definition) is 0. The number of imidazole rings is 1. The number of ketones is 1. The molecule has 2 aromatic carbocycles. The Kier molecular flexibility index (Phi) is 5.73. The molecular formula is C19H14ClN3O3S. The van der Waals surface area contributed by atoms with Gasteiger partial charge in [0.15, 0.2) is 10.9 Å². The van der Waals surface area contributed by atoms with Crippen LogP contribution < -0.4 is 0 Å². The molecule has 0 saturated carbocycles. The van der Waals surface area contributed by atoms with Crippen molar-refractivity contribution in [2.75, 3.05) is 0 Å². The predicted octanol–water partition coefficient (Wildman–Crippen LogP) is 5.03. The number of carbonyl (C=O) groups excluding carboxylic acids is 1. The zero-order valence-electron chi connectivity index (χ0n) is 14.2. The third kappa shape index (κ3) is 4.64. The van der Waals surface area contributed by atoms with E-state index in [4.69, 9.17) is 11.6 Å². The van der Waals surface area contributed by atoms with Gasteiger partial charge in [0.05, 0.1) is 9.82 Å². The SMILES string of the molecule is Cn1ccnc1Sc1ccc(/C=C/C(=O)c2ccc(Cl)cc2)cc1[N+](=O)[O-]. The summed E-state index contributed by atoms with van der Waals surface area (Å²) in [6.07, 6.45) is 6.34. The molecule has 0 unspecified atom stereocenters. The first-order chi connectivity index (χ1) is 12.9. The van der Waals surface area contributed by atoms with E-state index < -0.39 is 4.92 Å². The molecule has 0 saturated heterocycles. The number of aromatic nitrogens is 2. The lowest BCUT2D eigenvalue weighted by Crippen LogP contribution is -1.95. The Morgan fingerprint density at radius 2 is 2.00 bits per heavy atom. The van der Waals surface area contributed by atoms with Crippen LogP contribution in [0.15, 0.2) is 71.0 Å². The third-order valence-corrected chi connectivity index (χ3v) is 5.11. The first kappa shape index (κ1) is 18.9. The maximum atomic E-state index is 12.2. The molecule has 0 aliphatic heterocycles. The van der Waals surface area contributed by atoms with Gasteiger partial charge >= 0.3 is 0 Å². The molecule has 136 valence electrons. The fourth-order valence-corrected chi connectivity index (χ4v) is 3.31. The molecule has 8 heteroatoms. The van der Waals surface area contributed by atoms with E-state index in [1.54, 1.807) is 59.4 Å². The topological polar surface area (TPSA) is 78.0 Å². The number of aryl methyl sites for hydroxylation is 1. The van der Waals surface area contributed by atoms with Crippen molar-refractivity contribution in [3.8, 4) is 0 Å². The van der Waals surface area contributed by atoms with Gasteiger partial charge in [-0.3, -0.25) is 14.9 Å². The van der Waals surface area contributed by atoms with Crippen LogP contribution in [0, 0.1) is 10.1 Å². The number of hydrogen-bond acceptors (Lipinski definition) is 5. The smallest absolute Gasteiger partial charge is 0.283 e. The van der Waals surface area contributed by atoms with E-state index in [0.717, 1.165) is 0 Å². The summed E-state index contributed by atoms with van der Waals surface area (Å²) in [7, 11) is 1.82. The first-order valence-electron chi connectivity index (χ1n) is 7.85. The second-order valence-corrected chi connectivity index (χ2v) is 7.06. The molecule has 27 heavy (non-hydrogen) atoms. The Labute approximate surface area is 164 Å².